The van der Waals surface area contributed by atoms with Crippen molar-refractivity contribution >= 4 is 34.2 Å². The van der Waals surface area contributed by atoms with E-state index in [0.717, 1.165) is 23.6 Å². The van der Waals surface area contributed by atoms with Crippen molar-refractivity contribution in [3.8, 4) is 11.4 Å². The van der Waals surface area contributed by atoms with Crippen LogP contribution in [0.25, 0.3) is 22.4 Å². The van der Waals surface area contributed by atoms with Gasteiger partial charge in [0.1, 0.15) is 17.7 Å². The summed E-state index contributed by atoms with van der Waals surface area (Å²) in [5.74, 6) is -1.06. The Bertz CT molecular complexity index is 1420. The maximum atomic E-state index is 13.0. The highest BCUT2D eigenvalue weighted by Gasteiger charge is 2.18. The normalized spacial score (nSPS) is 10.9. The largest absolute Gasteiger partial charge is 0.422 e. The summed E-state index contributed by atoms with van der Waals surface area (Å²) in [6.07, 6.45) is 0. The summed E-state index contributed by atoms with van der Waals surface area (Å²) in [6.45, 7) is 5.50. The fourth-order valence-corrected chi connectivity index (χ4v) is 3.58. The Morgan fingerprint density at radius 3 is 2.62 bits per heavy atom. The predicted octanol–water partition coefficient (Wildman–Crippen LogP) is 2.03. The number of anilines is 2. The van der Waals surface area contributed by atoms with Gasteiger partial charge in [-0.2, -0.15) is 4.80 Å². The van der Waals surface area contributed by atoms with E-state index in [1.54, 1.807) is 30.3 Å². The van der Waals surface area contributed by atoms with Crippen LogP contribution in [0.1, 0.15) is 24.2 Å². The molecule has 2 aromatic carbocycles. The van der Waals surface area contributed by atoms with Crippen molar-refractivity contribution in [2.45, 2.75) is 20.4 Å². The molecule has 0 radical (unpaired) electrons. The van der Waals surface area contributed by atoms with Gasteiger partial charge in [0.05, 0.1) is 5.69 Å². The molecule has 2 amide bonds. The van der Waals surface area contributed by atoms with Gasteiger partial charge in [0, 0.05) is 35.8 Å². The Labute approximate surface area is 194 Å². The lowest BCUT2D eigenvalue weighted by molar-refractivity contribution is -0.118. The monoisotopic (exact) mass is 461 g/mol. The number of fused-ring (bicyclic) bond motifs is 1. The van der Waals surface area contributed by atoms with Crippen molar-refractivity contribution in [3.63, 3.8) is 0 Å². The first-order chi connectivity index (χ1) is 16.4. The van der Waals surface area contributed by atoms with E-state index >= 15 is 0 Å². The zero-order chi connectivity index (χ0) is 24.2. The van der Waals surface area contributed by atoms with Crippen LogP contribution in [0.4, 0.5) is 11.4 Å². The number of rotatable bonds is 8. The van der Waals surface area contributed by atoms with Gasteiger partial charge in [-0.25, -0.2) is 4.79 Å². The molecule has 0 unspecified atom stereocenters. The van der Waals surface area contributed by atoms with Crippen molar-refractivity contribution in [2.75, 3.05) is 23.3 Å². The molecule has 0 aliphatic carbocycles. The number of primary amides is 1. The maximum Gasteiger partial charge on any atom is 0.349 e. The third-order valence-corrected chi connectivity index (χ3v) is 5.26. The van der Waals surface area contributed by atoms with E-state index in [2.05, 4.69) is 25.6 Å². The predicted molar refractivity (Wildman–Crippen MR) is 126 cm³/mol. The molecule has 2 heterocycles. The molecule has 0 bridgehead atoms. The van der Waals surface area contributed by atoms with E-state index in [1.165, 1.54) is 6.07 Å². The molecular formula is C23H23N7O4. The number of aromatic nitrogens is 4. The lowest BCUT2D eigenvalue weighted by atomic mass is 10.1. The lowest BCUT2D eigenvalue weighted by Crippen LogP contribution is -2.22. The highest BCUT2D eigenvalue weighted by atomic mass is 16.4. The number of tetrazole rings is 1. The Morgan fingerprint density at radius 1 is 1.12 bits per heavy atom. The van der Waals surface area contributed by atoms with Crippen LogP contribution in [-0.2, 0) is 11.3 Å². The van der Waals surface area contributed by atoms with E-state index in [9.17, 15) is 14.4 Å². The fourth-order valence-electron chi connectivity index (χ4n) is 3.58. The van der Waals surface area contributed by atoms with E-state index in [4.69, 9.17) is 10.2 Å². The number of amides is 2. The third kappa shape index (κ3) is 4.63. The molecule has 4 aromatic rings. The number of para-hydroxylation sites is 1. The summed E-state index contributed by atoms with van der Waals surface area (Å²) < 4.78 is 5.46. The molecule has 0 aliphatic rings. The van der Waals surface area contributed by atoms with Crippen LogP contribution in [0.5, 0.6) is 0 Å². The van der Waals surface area contributed by atoms with Gasteiger partial charge >= 0.3 is 5.63 Å². The van der Waals surface area contributed by atoms with E-state index < -0.39 is 17.4 Å². The van der Waals surface area contributed by atoms with Gasteiger partial charge in [0.2, 0.25) is 11.7 Å². The zero-order valence-electron chi connectivity index (χ0n) is 18.7. The minimum Gasteiger partial charge on any atom is -0.422 e. The summed E-state index contributed by atoms with van der Waals surface area (Å²) >= 11 is 0. The second-order valence-electron chi connectivity index (χ2n) is 7.45. The number of carbonyl (C=O) groups is 2. The summed E-state index contributed by atoms with van der Waals surface area (Å²) in [6, 6.07) is 13.8. The van der Waals surface area contributed by atoms with E-state index in [-0.39, 0.29) is 17.9 Å². The van der Waals surface area contributed by atoms with Crippen molar-refractivity contribution in [2.24, 2.45) is 5.73 Å². The summed E-state index contributed by atoms with van der Waals surface area (Å²) in [4.78, 5) is 39.9. The average Bonchev–Trinajstić information content (AvgIpc) is 3.27. The van der Waals surface area contributed by atoms with Crippen LogP contribution < -0.4 is 21.6 Å². The first-order valence-corrected chi connectivity index (χ1v) is 10.7. The van der Waals surface area contributed by atoms with Crippen molar-refractivity contribution in [1.29, 1.82) is 0 Å². The molecule has 2 aromatic heterocycles. The molecular weight excluding hydrogens is 438 g/mol. The van der Waals surface area contributed by atoms with Crippen LogP contribution in [-0.4, -0.2) is 45.1 Å². The number of nitrogens with two attached hydrogens (primary N) is 1. The first-order valence-electron chi connectivity index (χ1n) is 10.7. The van der Waals surface area contributed by atoms with Gasteiger partial charge in [0.15, 0.2) is 0 Å². The highest BCUT2D eigenvalue weighted by Crippen LogP contribution is 2.26. The fraction of sp³-hybridized carbons (Fsp3) is 0.217. The second-order valence-corrected chi connectivity index (χ2v) is 7.45. The lowest BCUT2D eigenvalue weighted by Gasteiger charge is -2.21. The standard InChI is InChI=1S/C23H23N7O4/c1-3-29(4-2)15-10-9-14-11-17(23(33)34-19(14)12-15)22(32)25-18-8-6-5-7-16(18)21-26-28-30(27-21)13-20(24)31/h5-12H,3-4,13H2,1-2H3,(H2,24,31)(H,25,32). The van der Waals surface area contributed by atoms with Crippen LogP contribution in [0.2, 0.25) is 0 Å². The van der Waals surface area contributed by atoms with Crippen molar-refractivity contribution in [3.05, 3.63) is 64.5 Å². The summed E-state index contributed by atoms with van der Waals surface area (Å²) in [7, 11) is 0. The van der Waals surface area contributed by atoms with Crippen LogP contribution in [0.15, 0.2) is 57.7 Å². The molecule has 34 heavy (non-hydrogen) atoms. The summed E-state index contributed by atoms with van der Waals surface area (Å²) in [5, 5.41) is 15.2. The van der Waals surface area contributed by atoms with E-state index in [0.29, 0.717) is 22.2 Å². The van der Waals surface area contributed by atoms with Crippen molar-refractivity contribution < 1.29 is 14.0 Å². The van der Waals surface area contributed by atoms with Crippen LogP contribution in [0, 0.1) is 0 Å². The maximum absolute atomic E-state index is 13.0. The quantitative estimate of drug-likeness (QED) is 0.379. The molecule has 0 aliphatic heterocycles. The summed E-state index contributed by atoms with van der Waals surface area (Å²) in [5.41, 5.74) is 6.44. The van der Waals surface area contributed by atoms with Crippen LogP contribution in [0.3, 0.4) is 0 Å². The van der Waals surface area contributed by atoms with Gasteiger partial charge in [-0.05, 0) is 49.4 Å². The molecule has 0 fully saturated rings. The third-order valence-electron chi connectivity index (χ3n) is 5.26. The van der Waals surface area contributed by atoms with Crippen molar-refractivity contribution in [1.82, 2.24) is 20.2 Å². The number of benzene rings is 2. The Kier molecular flexibility index (Phi) is 6.35. The van der Waals surface area contributed by atoms with Gasteiger partial charge in [-0.1, -0.05) is 12.1 Å². The highest BCUT2D eigenvalue weighted by molar-refractivity contribution is 6.07. The molecule has 174 valence electrons. The van der Waals surface area contributed by atoms with Gasteiger partial charge in [0.25, 0.3) is 5.91 Å². The zero-order valence-corrected chi connectivity index (χ0v) is 18.7. The average molecular weight is 461 g/mol. The second kappa shape index (κ2) is 9.53. The Balaban J connectivity index is 1.63. The van der Waals surface area contributed by atoms with Crippen LogP contribution >= 0.6 is 0 Å². The molecule has 0 atom stereocenters. The number of nitrogens with zero attached hydrogens (tertiary/aromatic N) is 5. The molecule has 11 heteroatoms. The minimum atomic E-state index is -0.746. The smallest absolute Gasteiger partial charge is 0.349 e. The molecule has 4 rings (SSSR count). The SMILES string of the molecule is CCN(CC)c1ccc2cc(C(=O)Nc3ccccc3-c3nnn(CC(N)=O)n3)c(=O)oc2c1. The molecule has 11 nitrogen and oxygen atoms in total. The number of nitrogens with one attached hydrogen (secondary N) is 1. The number of carbonyl (C=O) groups excluding carboxylic acids is 2. The number of hydrogen-bond acceptors (Lipinski definition) is 8. The van der Waals surface area contributed by atoms with E-state index in [1.807, 2.05) is 26.0 Å². The van der Waals surface area contributed by atoms with Gasteiger partial charge < -0.3 is 20.4 Å². The van der Waals surface area contributed by atoms with Gasteiger partial charge in [-0.3, -0.25) is 9.59 Å². The minimum absolute atomic E-state index is 0.136. The molecule has 0 saturated carbocycles. The Morgan fingerprint density at radius 2 is 1.88 bits per heavy atom. The van der Waals surface area contributed by atoms with Gasteiger partial charge in [-0.15, -0.1) is 10.2 Å². The number of hydrogen-bond donors (Lipinski definition) is 2. The topological polar surface area (TPSA) is 149 Å². The Hall–Kier alpha value is -4.54. The molecule has 0 spiro atoms. The first kappa shape index (κ1) is 22.6. The molecule has 3 N–H and O–H groups in total. The molecule has 0 saturated heterocycles.